The van der Waals surface area contributed by atoms with Gasteiger partial charge in [-0.25, -0.2) is 0 Å². The van der Waals surface area contributed by atoms with Crippen LogP contribution in [0, 0.1) is 5.92 Å². The van der Waals surface area contributed by atoms with Crippen LogP contribution in [0.1, 0.15) is 31.4 Å². The van der Waals surface area contributed by atoms with E-state index in [1.54, 1.807) is 0 Å². The first-order valence-electron chi connectivity index (χ1n) is 6.21. The van der Waals surface area contributed by atoms with E-state index in [1.807, 2.05) is 12.1 Å². The first-order chi connectivity index (χ1) is 8.61. The van der Waals surface area contributed by atoms with Gasteiger partial charge in [0, 0.05) is 10.5 Å². The lowest BCUT2D eigenvalue weighted by atomic mass is 9.85. The van der Waals surface area contributed by atoms with Crippen LogP contribution in [0.4, 0.5) is 0 Å². The number of carbonyl (C=O) groups excluding carboxylic acids is 1. The van der Waals surface area contributed by atoms with Crippen LogP contribution in [0.25, 0.3) is 0 Å². The number of piperidine rings is 1. The lowest BCUT2D eigenvalue weighted by Crippen LogP contribution is -2.46. The molecule has 1 fully saturated rings. The predicted octanol–water partition coefficient (Wildman–Crippen LogP) is 3.05. The maximum absolute atomic E-state index is 11.6. The third kappa shape index (κ3) is 2.93. The second kappa shape index (κ2) is 5.85. The second-order valence-electron chi connectivity index (χ2n) is 4.83. The van der Waals surface area contributed by atoms with E-state index in [4.69, 9.17) is 4.74 Å². The van der Waals surface area contributed by atoms with E-state index in [2.05, 4.69) is 40.3 Å². The number of esters is 1. The first kappa shape index (κ1) is 13.6. The minimum Gasteiger partial charge on any atom is -0.468 e. The topological polar surface area (TPSA) is 38.3 Å². The molecule has 0 bridgehead atoms. The molecular weight excluding hydrogens is 294 g/mol. The summed E-state index contributed by atoms with van der Waals surface area (Å²) in [6, 6.07) is 8.26. The maximum Gasteiger partial charge on any atom is 0.322 e. The summed E-state index contributed by atoms with van der Waals surface area (Å²) in [6.07, 6.45) is 1.88. The quantitative estimate of drug-likeness (QED) is 0.853. The Bertz CT molecular complexity index is 436. The molecule has 1 aromatic carbocycles. The molecular formula is C14H18BrNO2. The van der Waals surface area contributed by atoms with Crippen LogP contribution in [0.15, 0.2) is 28.7 Å². The van der Waals surface area contributed by atoms with Crippen molar-refractivity contribution in [1.29, 1.82) is 0 Å². The lowest BCUT2D eigenvalue weighted by Gasteiger charge is -2.35. The summed E-state index contributed by atoms with van der Waals surface area (Å²) in [5.74, 6) is 0.349. The summed E-state index contributed by atoms with van der Waals surface area (Å²) >= 11 is 3.49. The molecule has 0 aliphatic carbocycles. The fourth-order valence-corrected chi connectivity index (χ4v) is 2.93. The Kier molecular flexibility index (Phi) is 4.40. The SMILES string of the molecule is COC(=O)[C@@H]1CC[C@H](C)[C@@H](c2cccc(Br)c2)N1. The van der Waals surface area contributed by atoms with Crippen molar-refractivity contribution in [1.82, 2.24) is 5.32 Å². The first-order valence-corrected chi connectivity index (χ1v) is 7.00. The van der Waals surface area contributed by atoms with E-state index in [1.165, 1.54) is 12.7 Å². The average Bonchev–Trinajstić information content (AvgIpc) is 2.38. The van der Waals surface area contributed by atoms with Gasteiger partial charge >= 0.3 is 5.97 Å². The van der Waals surface area contributed by atoms with Crippen LogP contribution >= 0.6 is 15.9 Å². The highest BCUT2D eigenvalue weighted by Gasteiger charge is 2.32. The van der Waals surface area contributed by atoms with E-state index in [-0.39, 0.29) is 18.1 Å². The Balaban J connectivity index is 2.17. The van der Waals surface area contributed by atoms with Crippen LogP contribution in [0.3, 0.4) is 0 Å². The molecule has 18 heavy (non-hydrogen) atoms. The van der Waals surface area contributed by atoms with Gasteiger partial charge in [0.25, 0.3) is 0 Å². The third-order valence-electron chi connectivity index (χ3n) is 3.55. The van der Waals surface area contributed by atoms with Crippen molar-refractivity contribution in [2.24, 2.45) is 5.92 Å². The molecule has 1 N–H and O–H groups in total. The number of benzene rings is 1. The van der Waals surface area contributed by atoms with Gasteiger partial charge in [0.15, 0.2) is 0 Å². The van der Waals surface area contributed by atoms with Crippen molar-refractivity contribution in [3.05, 3.63) is 34.3 Å². The number of hydrogen-bond acceptors (Lipinski definition) is 3. The van der Waals surface area contributed by atoms with Gasteiger partial charge < -0.3 is 4.74 Å². The van der Waals surface area contributed by atoms with Gasteiger partial charge in [-0.1, -0.05) is 35.0 Å². The molecule has 3 atom stereocenters. The number of halogens is 1. The normalized spacial score (nSPS) is 27.8. The van der Waals surface area contributed by atoms with Gasteiger partial charge in [-0.2, -0.15) is 0 Å². The van der Waals surface area contributed by atoms with E-state index >= 15 is 0 Å². The molecule has 1 saturated heterocycles. The van der Waals surface area contributed by atoms with E-state index in [0.717, 1.165) is 17.3 Å². The van der Waals surface area contributed by atoms with Crippen LogP contribution in [-0.2, 0) is 9.53 Å². The molecule has 0 saturated carbocycles. The Labute approximate surface area is 116 Å². The Hall–Kier alpha value is -0.870. The van der Waals surface area contributed by atoms with Gasteiger partial charge in [0.05, 0.1) is 7.11 Å². The number of hydrogen-bond donors (Lipinski definition) is 1. The number of nitrogens with one attached hydrogen (secondary N) is 1. The minimum absolute atomic E-state index is 0.165. The molecule has 3 nitrogen and oxygen atoms in total. The standard InChI is InChI=1S/C14H18BrNO2/c1-9-6-7-12(14(17)18-2)16-13(9)10-4-3-5-11(15)8-10/h3-5,8-9,12-13,16H,6-7H2,1-2H3/t9-,12-,13-/m0/s1. The molecule has 2 rings (SSSR count). The van der Waals surface area contributed by atoms with E-state index in [0.29, 0.717) is 5.92 Å². The van der Waals surface area contributed by atoms with Crippen molar-refractivity contribution >= 4 is 21.9 Å². The largest absolute Gasteiger partial charge is 0.468 e. The fourth-order valence-electron chi connectivity index (χ4n) is 2.51. The van der Waals surface area contributed by atoms with Gasteiger partial charge in [0.1, 0.15) is 6.04 Å². The van der Waals surface area contributed by atoms with E-state index in [9.17, 15) is 4.79 Å². The highest BCUT2D eigenvalue weighted by Crippen LogP contribution is 2.32. The molecule has 0 amide bonds. The highest BCUT2D eigenvalue weighted by atomic mass is 79.9. The Morgan fingerprint density at radius 2 is 2.22 bits per heavy atom. The molecule has 4 heteroatoms. The summed E-state index contributed by atoms with van der Waals surface area (Å²) in [4.78, 5) is 11.6. The second-order valence-corrected chi connectivity index (χ2v) is 5.75. The zero-order valence-electron chi connectivity index (χ0n) is 10.7. The maximum atomic E-state index is 11.6. The monoisotopic (exact) mass is 311 g/mol. The fraction of sp³-hybridized carbons (Fsp3) is 0.500. The highest BCUT2D eigenvalue weighted by molar-refractivity contribution is 9.10. The summed E-state index contributed by atoms with van der Waals surface area (Å²) < 4.78 is 5.89. The van der Waals surface area contributed by atoms with Gasteiger partial charge in [-0.05, 0) is 36.5 Å². The molecule has 0 spiro atoms. The van der Waals surface area contributed by atoms with Gasteiger partial charge in [0.2, 0.25) is 0 Å². The zero-order chi connectivity index (χ0) is 13.1. The van der Waals surface area contributed by atoms with Crippen molar-refractivity contribution < 1.29 is 9.53 Å². The summed E-state index contributed by atoms with van der Waals surface area (Å²) in [7, 11) is 1.44. The van der Waals surface area contributed by atoms with Gasteiger partial charge in [-0.3, -0.25) is 10.1 Å². The van der Waals surface area contributed by atoms with Crippen molar-refractivity contribution in [3.63, 3.8) is 0 Å². The van der Waals surface area contributed by atoms with Crippen LogP contribution in [-0.4, -0.2) is 19.1 Å². The molecule has 0 unspecified atom stereocenters. The van der Waals surface area contributed by atoms with Crippen molar-refractivity contribution in [2.45, 2.75) is 31.8 Å². The van der Waals surface area contributed by atoms with Crippen LogP contribution in [0.5, 0.6) is 0 Å². The zero-order valence-corrected chi connectivity index (χ0v) is 12.2. The van der Waals surface area contributed by atoms with E-state index < -0.39 is 0 Å². The molecule has 1 aromatic rings. The molecule has 98 valence electrons. The lowest BCUT2D eigenvalue weighted by molar-refractivity contribution is -0.144. The summed E-state index contributed by atoms with van der Waals surface area (Å²) in [5.41, 5.74) is 1.21. The summed E-state index contributed by atoms with van der Waals surface area (Å²) in [6.45, 7) is 2.21. The Morgan fingerprint density at radius 3 is 2.89 bits per heavy atom. The number of carbonyl (C=O) groups is 1. The smallest absolute Gasteiger partial charge is 0.322 e. The Morgan fingerprint density at radius 1 is 1.44 bits per heavy atom. The average molecular weight is 312 g/mol. The number of ether oxygens (including phenoxy) is 1. The van der Waals surface area contributed by atoms with Crippen molar-refractivity contribution in [3.8, 4) is 0 Å². The third-order valence-corrected chi connectivity index (χ3v) is 4.05. The number of methoxy groups -OCH3 is 1. The molecule has 0 aromatic heterocycles. The molecule has 0 radical (unpaired) electrons. The number of rotatable bonds is 2. The van der Waals surface area contributed by atoms with Crippen LogP contribution in [0.2, 0.25) is 0 Å². The predicted molar refractivity (Wildman–Crippen MR) is 74.2 cm³/mol. The van der Waals surface area contributed by atoms with Crippen LogP contribution < -0.4 is 5.32 Å². The molecule has 1 heterocycles. The minimum atomic E-state index is -0.185. The molecule has 1 aliphatic rings. The van der Waals surface area contributed by atoms with Gasteiger partial charge in [-0.15, -0.1) is 0 Å². The summed E-state index contributed by atoms with van der Waals surface area (Å²) in [5, 5.41) is 3.40. The molecule has 1 aliphatic heterocycles. The van der Waals surface area contributed by atoms with Crippen molar-refractivity contribution in [2.75, 3.05) is 7.11 Å².